The number of hydrogen-bond donors (Lipinski definition) is 0. The van der Waals surface area contributed by atoms with E-state index in [4.69, 9.17) is 9.57 Å². The Hall–Kier alpha value is -2.04. The molecule has 1 aromatic rings. The molecule has 124 valence electrons. The monoisotopic (exact) mass is 316 g/mol. The molecule has 1 saturated heterocycles. The Kier molecular flexibility index (Phi) is 4.55. The molecule has 0 spiro atoms. The summed E-state index contributed by atoms with van der Waals surface area (Å²) in [5.41, 5.74) is 1.67. The van der Waals surface area contributed by atoms with E-state index < -0.39 is 6.10 Å². The average Bonchev–Trinajstić information content (AvgIpc) is 3.04. The van der Waals surface area contributed by atoms with Gasteiger partial charge in [-0.3, -0.25) is 4.79 Å². The topological polar surface area (TPSA) is 51.1 Å². The fraction of sp³-hybridized carbons (Fsp3) is 0.556. The molecule has 5 heteroatoms. The van der Waals surface area contributed by atoms with Crippen molar-refractivity contribution in [2.45, 2.75) is 57.7 Å². The van der Waals surface area contributed by atoms with Gasteiger partial charge in [0.25, 0.3) is 5.91 Å². The highest BCUT2D eigenvalue weighted by Gasteiger charge is 2.38. The molecule has 2 aliphatic rings. The number of hydrogen-bond acceptors (Lipinski definition) is 4. The van der Waals surface area contributed by atoms with E-state index in [1.165, 1.54) is 6.42 Å². The van der Waals surface area contributed by atoms with Gasteiger partial charge >= 0.3 is 0 Å². The van der Waals surface area contributed by atoms with Crippen LogP contribution in [0.4, 0.5) is 0 Å². The highest BCUT2D eigenvalue weighted by molar-refractivity contribution is 6.06. The van der Waals surface area contributed by atoms with Crippen molar-refractivity contribution >= 4 is 11.6 Å². The maximum Gasteiger partial charge on any atom is 0.267 e. The first-order chi connectivity index (χ1) is 11.1. The van der Waals surface area contributed by atoms with Crippen molar-refractivity contribution in [3.63, 3.8) is 0 Å². The van der Waals surface area contributed by atoms with E-state index in [2.05, 4.69) is 19.0 Å². The summed E-state index contributed by atoms with van der Waals surface area (Å²) in [5.74, 6) is 0.806. The molecule has 1 amide bonds. The number of carbonyl (C=O) groups excluding carboxylic acids is 1. The molecule has 23 heavy (non-hydrogen) atoms. The van der Waals surface area contributed by atoms with Crippen LogP contribution in [-0.4, -0.2) is 41.8 Å². The number of methoxy groups -OCH3 is 1. The van der Waals surface area contributed by atoms with Crippen LogP contribution < -0.4 is 4.74 Å². The second-order valence-corrected chi connectivity index (χ2v) is 6.41. The van der Waals surface area contributed by atoms with Gasteiger partial charge in [0.05, 0.1) is 12.8 Å². The molecule has 1 aromatic carbocycles. The normalized spacial score (nSPS) is 27.3. The Morgan fingerprint density at radius 2 is 1.96 bits per heavy atom. The molecule has 2 heterocycles. The Morgan fingerprint density at radius 3 is 2.65 bits per heavy atom. The maximum absolute atomic E-state index is 12.8. The Labute approximate surface area is 137 Å². The van der Waals surface area contributed by atoms with Gasteiger partial charge in [0, 0.05) is 24.1 Å². The van der Waals surface area contributed by atoms with E-state index in [1.54, 1.807) is 7.11 Å². The molecule has 3 atom stereocenters. The SMILES string of the molecule is COc1ccccc1C1=NO[C@@H](C(=O)N2[C@H](C)CCC[C@@H]2C)C1. The third-order valence-corrected chi connectivity index (χ3v) is 4.81. The van der Waals surface area contributed by atoms with Gasteiger partial charge in [-0.25, -0.2) is 0 Å². The van der Waals surface area contributed by atoms with Gasteiger partial charge < -0.3 is 14.5 Å². The summed E-state index contributed by atoms with van der Waals surface area (Å²) in [7, 11) is 1.63. The Bertz CT molecular complexity index is 604. The molecule has 0 unspecified atom stereocenters. The van der Waals surface area contributed by atoms with E-state index in [0.717, 1.165) is 29.9 Å². The predicted molar refractivity (Wildman–Crippen MR) is 88.6 cm³/mol. The highest BCUT2D eigenvalue weighted by Crippen LogP contribution is 2.28. The minimum atomic E-state index is -0.516. The van der Waals surface area contributed by atoms with Crippen molar-refractivity contribution in [2.24, 2.45) is 5.16 Å². The summed E-state index contributed by atoms with van der Waals surface area (Å²) in [6, 6.07) is 8.22. The standard InChI is InChI=1S/C18H24N2O3/c1-12-7-6-8-13(2)20(12)18(21)17-11-15(19-23-17)14-9-4-5-10-16(14)22-3/h4-5,9-10,12-13,17H,6-8,11H2,1-3H3/t12-,13+,17-/m1/s1. The second-order valence-electron chi connectivity index (χ2n) is 6.41. The van der Waals surface area contributed by atoms with Crippen molar-refractivity contribution in [1.29, 1.82) is 0 Å². The summed E-state index contributed by atoms with van der Waals surface area (Å²) < 4.78 is 5.37. The van der Waals surface area contributed by atoms with Gasteiger partial charge in [0.2, 0.25) is 6.10 Å². The van der Waals surface area contributed by atoms with Crippen molar-refractivity contribution in [1.82, 2.24) is 4.90 Å². The zero-order valence-electron chi connectivity index (χ0n) is 14.0. The number of ether oxygens (including phenoxy) is 1. The van der Waals surface area contributed by atoms with Crippen LogP contribution in [0.5, 0.6) is 5.75 Å². The van der Waals surface area contributed by atoms with E-state index in [-0.39, 0.29) is 18.0 Å². The summed E-state index contributed by atoms with van der Waals surface area (Å²) in [6.07, 6.45) is 3.28. The molecule has 1 fully saturated rings. The van der Waals surface area contributed by atoms with Gasteiger partial charge in [0.1, 0.15) is 5.75 Å². The van der Waals surface area contributed by atoms with E-state index >= 15 is 0 Å². The molecule has 0 radical (unpaired) electrons. The number of para-hydroxylation sites is 1. The Balaban J connectivity index is 1.72. The Morgan fingerprint density at radius 1 is 1.26 bits per heavy atom. The van der Waals surface area contributed by atoms with E-state index in [1.807, 2.05) is 29.2 Å². The smallest absolute Gasteiger partial charge is 0.267 e. The fourth-order valence-corrected chi connectivity index (χ4v) is 3.57. The first kappa shape index (κ1) is 15.8. The minimum absolute atomic E-state index is 0.0540. The third kappa shape index (κ3) is 3.05. The predicted octanol–water partition coefficient (Wildman–Crippen LogP) is 2.98. The lowest BCUT2D eigenvalue weighted by atomic mass is 9.95. The van der Waals surface area contributed by atoms with Gasteiger partial charge in [-0.1, -0.05) is 17.3 Å². The molecule has 3 rings (SSSR count). The zero-order valence-corrected chi connectivity index (χ0v) is 14.0. The number of carbonyl (C=O) groups is 1. The van der Waals surface area contributed by atoms with Crippen molar-refractivity contribution in [2.75, 3.05) is 7.11 Å². The fourth-order valence-electron chi connectivity index (χ4n) is 3.57. The number of amides is 1. The summed E-state index contributed by atoms with van der Waals surface area (Å²) in [6.45, 7) is 4.23. The van der Waals surface area contributed by atoms with Gasteiger partial charge in [0.15, 0.2) is 0 Å². The van der Waals surface area contributed by atoms with Crippen LogP contribution in [-0.2, 0) is 9.63 Å². The van der Waals surface area contributed by atoms with Crippen LogP contribution >= 0.6 is 0 Å². The molecule has 2 aliphatic heterocycles. The largest absolute Gasteiger partial charge is 0.496 e. The van der Waals surface area contributed by atoms with Crippen molar-refractivity contribution < 1.29 is 14.4 Å². The van der Waals surface area contributed by atoms with Crippen LogP contribution in [0.3, 0.4) is 0 Å². The lowest BCUT2D eigenvalue weighted by Gasteiger charge is -2.39. The number of piperidine rings is 1. The number of benzene rings is 1. The summed E-state index contributed by atoms with van der Waals surface area (Å²) in [4.78, 5) is 20.3. The minimum Gasteiger partial charge on any atom is -0.496 e. The number of likely N-dealkylation sites (tertiary alicyclic amines) is 1. The summed E-state index contributed by atoms with van der Waals surface area (Å²) in [5, 5.41) is 4.15. The van der Waals surface area contributed by atoms with E-state index in [0.29, 0.717) is 6.42 Å². The van der Waals surface area contributed by atoms with Crippen molar-refractivity contribution in [3.05, 3.63) is 29.8 Å². The third-order valence-electron chi connectivity index (χ3n) is 4.81. The number of oxime groups is 1. The number of nitrogens with zero attached hydrogens (tertiary/aromatic N) is 2. The molecular weight excluding hydrogens is 292 g/mol. The van der Waals surface area contributed by atoms with Crippen LogP contribution in [0.15, 0.2) is 29.4 Å². The first-order valence-electron chi connectivity index (χ1n) is 8.30. The van der Waals surface area contributed by atoms with Crippen LogP contribution in [0, 0.1) is 0 Å². The van der Waals surface area contributed by atoms with Crippen molar-refractivity contribution in [3.8, 4) is 5.75 Å². The zero-order chi connectivity index (χ0) is 16.4. The van der Waals surface area contributed by atoms with Crippen LogP contribution in [0.2, 0.25) is 0 Å². The molecule has 0 saturated carbocycles. The lowest BCUT2D eigenvalue weighted by molar-refractivity contribution is -0.148. The average molecular weight is 316 g/mol. The maximum atomic E-state index is 12.8. The molecule has 0 bridgehead atoms. The van der Waals surface area contributed by atoms with Gasteiger partial charge in [-0.15, -0.1) is 0 Å². The van der Waals surface area contributed by atoms with Crippen LogP contribution in [0.25, 0.3) is 0 Å². The molecule has 0 N–H and O–H groups in total. The highest BCUT2D eigenvalue weighted by atomic mass is 16.6. The van der Waals surface area contributed by atoms with Crippen LogP contribution in [0.1, 0.15) is 45.1 Å². The first-order valence-corrected chi connectivity index (χ1v) is 8.30. The molecule has 0 aliphatic carbocycles. The quantitative estimate of drug-likeness (QED) is 0.861. The second kappa shape index (κ2) is 6.60. The molecule has 5 nitrogen and oxygen atoms in total. The number of rotatable bonds is 3. The van der Waals surface area contributed by atoms with Gasteiger partial charge in [-0.2, -0.15) is 0 Å². The lowest BCUT2D eigenvalue weighted by Crippen LogP contribution is -2.51. The molecule has 0 aromatic heterocycles. The summed E-state index contributed by atoms with van der Waals surface area (Å²) >= 11 is 0. The molecular formula is C18H24N2O3. The van der Waals surface area contributed by atoms with Gasteiger partial charge in [-0.05, 0) is 45.2 Å². The van der Waals surface area contributed by atoms with E-state index in [9.17, 15) is 4.79 Å².